The van der Waals surface area contributed by atoms with E-state index >= 15 is 0 Å². The largest absolute Gasteiger partial charge is 0.380 e. The van der Waals surface area contributed by atoms with E-state index in [1.807, 2.05) is 24.3 Å². The molecule has 0 aliphatic heterocycles. The molecule has 2 N–H and O–H groups in total. The second-order valence-corrected chi connectivity index (χ2v) is 3.45. The minimum Gasteiger partial charge on any atom is -0.380 e. The van der Waals surface area contributed by atoms with Gasteiger partial charge in [0.25, 0.3) is 0 Å². The quantitative estimate of drug-likeness (QED) is 0.832. The Labute approximate surface area is 83.7 Å². The Morgan fingerprint density at radius 2 is 2.00 bits per heavy atom. The summed E-state index contributed by atoms with van der Waals surface area (Å²) >= 11 is 3.43. The first-order valence-electron chi connectivity index (χ1n) is 3.74. The number of nitrogen functional groups attached to an aromatic ring is 1. The zero-order valence-corrected chi connectivity index (χ0v) is 8.28. The molecule has 0 aliphatic rings. The summed E-state index contributed by atoms with van der Waals surface area (Å²) in [5.41, 5.74) is 7.42. The number of hydrogen-bond donors (Lipinski definition) is 1. The molecule has 0 atom stereocenters. The summed E-state index contributed by atoms with van der Waals surface area (Å²) in [7, 11) is 0. The first-order chi connectivity index (χ1) is 6.29. The van der Waals surface area contributed by atoms with Crippen LogP contribution in [0.3, 0.4) is 0 Å². The lowest BCUT2D eigenvalue weighted by atomic mass is 10.1. The zero-order chi connectivity index (χ0) is 9.26. The molecule has 0 saturated heterocycles. The third kappa shape index (κ3) is 1.45. The number of nitrogens with zero attached hydrogens (tertiary/aromatic N) is 1. The molecule has 0 amide bonds. The first-order valence-corrected chi connectivity index (χ1v) is 4.53. The summed E-state index contributed by atoms with van der Waals surface area (Å²) in [5, 5.41) is 3.62. The van der Waals surface area contributed by atoms with Crippen molar-refractivity contribution in [2.24, 2.45) is 0 Å². The normalized spacial score (nSPS) is 10.2. The van der Waals surface area contributed by atoms with Gasteiger partial charge in [-0.15, -0.1) is 0 Å². The Morgan fingerprint density at radius 1 is 1.23 bits per heavy atom. The predicted molar refractivity (Wildman–Crippen MR) is 54.1 cm³/mol. The summed E-state index contributed by atoms with van der Waals surface area (Å²) < 4.78 is 5.74. The minimum atomic E-state index is 0.409. The fourth-order valence-electron chi connectivity index (χ4n) is 1.13. The van der Waals surface area contributed by atoms with E-state index in [1.165, 1.54) is 6.26 Å². The van der Waals surface area contributed by atoms with Gasteiger partial charge >= 0.3 is 0 Å². The minimum absolute atomic E-state index is 0.409. The zero-order valence-electron chi connectivity index (χ0n) is 6.70. The van der Waals surface area contributed by atoms with E-state index in [0.29, 0.717) is 5.82 Å². The van der Waals surface area contributed by atoms with Crippen LogP contribution in [0.15, 0.2) is 39.5 Å². The van der Waals surface area contributed by atoms with Crippen molar-refractivity contribution in [3.05, 3.63) is 35.0 Å². The van der Waals surface area contributed by atoms with Crippen LogP contribution in [0.2, 0.25) is 0 Å². The Kier molecular flexibility index (Phi) is 2.06. The van der Waals surface area contributed by atoms with Crippen LogP contribution in [0.4, 0.5) is 5.82 Å². The first kappa shape index (κ1) is 8.31. The molecule has 0 aliphatic carbocycles. The molecule has 0 unspecified atom stereocenters. The summed E-state index contributed by atoms with van der Waals surface area (Å²) in [6.45, 7) is 0. The SMILES string of the molecule is Nc1nocc1-c1ccccc1Br. The highest BCUT2D eigenvalue weighted by Crippen LogP contribution is 2.30. The van der Waals surface area contributed by atoms with Crippen LogP contribution in [-0.2, 0) is 0 Å². The molecule has 1 aromatic carbocycles. The van der Waals surface area contributed by atoms with E-state index in [2.05, 4.69) is 21.1 Å². The van der Waals surface area contributed by atoms with Crippen molar-refractivity contribution in [1.29, 1.82) is 0 Å². The van der Waals surface area contributed by atoms with Crippen LogP contribution in [0.1, 0.15) is 0 Å². The maximum absolute atomic E-state index is 5.62. The van der Waals surface area contributed by atoms with Crippen LogP contribution in [-0.4, -0.2) is 5.16 Å². The summed E-state index contributed by atoms with van der Waals surface area (Å²) in [5.74, 6) is 0.409. The molecule has 2 aromatic rings. The topological polar surface area (TPSA) is 52.0 Å². The molecule has 0 bridgehead atoms. The molecule has 0 spiro atoms. The summed E-state index contributed by atoms with van der Waals surface area (Å²) in [6, 6.07) is 7.78. The van der Waals surface area contributed by atoms with Crippen LogP contribution in [0.5, 0.6) is 0 Å². The number of aromatic nitrogens is 1. The Balaban J connectivity index is 2.59. The predicted octanol–water partition coefficient (Wildman–Crippen LogP) is 2.69. The van der Waals surface area contributed by atoms with Crippen LogP contribution < -0.4 is 5.73 Å². The molecule has 0 radical (unpaired) electrons. The molecule has 4 heteroatoms. The molecule has 0 saturated carbocycles. The lowest BCUT2D eigenvalue weighted by Gasteiger charge is -1.99. The monoisotopic (exact) mass is 238 g/mol. The lowest BCUT2D eigenvalue weighted by Crippen LogP contribution is -1.87. The highest BCUT2D eigenvalue weighted by molar-refractivity contribution is 9.10. The van der Waals surface area contributed by atoms with E-state index in [4.69, 9.17) is 10.3 Å². The Morgan fingerprint density at radius 3 is 2.62 bits per heavy atom. The third-order valence-electron chi connectivity index (χ3n) is 1.76. The average molecular weight is 239 g/mol. The standard InChI is InChI=1S/C9H7BrN2O/c10-8-4-2-1-3-6(8)7-5-13-12-9(7)11/h1-5H,(H2,11,12). The molecule has 1 heterocycles. The van der Waals surface area contributed by atoms with Crippen molar-refractivity contribution in [2.75, 3.05) is 5.73 Å². The molecule has 3 nitrogen and oxygen atoms in total. The third-order valence-corrected chi connectivity index (χ3v) is 2.45. The van der Waals surface area contributed by atoms with Gasteiger partial charge < -0.3 is 10.3 Å². The van der Waals surface area contributed by atoms with Gasteiger partial charge in [0.05, 0.1) is 5.56 Å². The van der Waals surface area contributed by atoms with E-state index in [0.717, 1.165) is 15.6 Å². The maximum Gasteiger partial charge on any atom is 0.174 e. The van der Waals surface area contributed by atoms with Crippen molar-refractivity contribution in [1.82, 2.24) is 5.16 Å². The molecule has 2 rings (SSSR count). The van der Waals surface area contributed by atoms with Gasteiger partial charge in [-0.05, 0) is 6.07 Å². The second-order valence-electron chi connectivity index (χ2n) is 2.59. The molecule has 13 heavy (non-hydrogen) atoms. The summed E-state index contributed by atoms with van der Waals surface area (Å²) in [4.78, 5) is 0. The molecule has 1 aromatic heterocycles. The Hall–Kier alpha value is -1.29. The fraction of sp³-hybridized carbons (Fsp3) is 0. The highest BCUT2D eigenvalue weighted by Gasteiger charge is 2.08. The number of nitrogens with two attached hydrogens (primary N) is 1. The van der Waals surface area contributed by atoms with E-state index in [1.54, 1.807) is 0 Å². The van der Waals surface area contributed by atoms with E-state index in [9.17, 15) is 0 Å². The van der Waals surface area contributed by atoms with Gasteiger partial charge in [-0.1, -0.05) is 39.3 Å². The smallest absolute Gasteiger partial charge is 0.174 e. The fourth-order valence-corrected chi connectivity index (χ4v) is 1.62. The number of anilines is 1. The van der Waals surface area contributed by atoms with Gasteiger partial charge in [-0.25, -0.2) is 0 Å². The number of rotatable bonds is 1. The molecule has 66 valence electrons. The van der Waals surface area contributed by atoms with Crippen LogP contribution >= 0.6 is 15.9 Å². The molecular weight excluding hydrogens is 232 g/mol. The Bertz CT molecular complexity index is 425. The van der Waals surface area contributed by atoms with Crippen LogP contribution in [0, 0.1) is 0 Å². The van der Waals surface area contributed by atoms with Gasteiger partial charge in [-0.2, -0.15) is 0 Å². The molecule has 0 fully saturated rings. The lowest BCUT2D eigenvalue weighted by molar-refractivity contribution is 0.423. The van der Waals surface area contributed by atoms with Gasteiger partial charge in [-0.3, -0.25) is 0 Å². The molecular formula is C9H7BrN2O. The van der Waals surface area contributed by atoms with Crippen molar-refractivity contribution in [3.8, 4) is 11.1 Å². The van der Waals surface area contributed by atoms with Gasteiger partial charge in [0, 0.05) is 10.0 Å². The van der Waals surface area contributed by atoms with Crippen molar-refractivity contribution < 1.29 is 4.52 Å². The number of hydrogen-bond acceptors (Lipinski definition) is 3. The average Bonchev–Trinajstić information content (AvgIpc) is 2.52. The van der Waals surface area contributed by atoms with E-state index in [-0.39, 0.29) is 0 Å². The van der Waals surface area contributed by atoms with Crippen LogP contribution in [0.25, 0.3) is 11.1 Å². The van der Waals surface area contributed by atoms with E-state index < -0.39 is 0 Å². The van der Waals surface area contributed by atoms with Crippen molar-refractivity contribution >= 4 is 21.7 Å². The second kappa shape index (κ2) is 3.22. The highest BCUT2D eigenvalue weighted by atomic mass is 79.9. The van der Waals surface area contributed by atoms with Crippen molar-refractivity contribution in [3.63, 3.8) is 0 Å². The van der Waals surface area contributed by atoms with Gasteiger partial charge in [0.2, 0.25) is 0 Å². The summed E-state index contributed by atoms with van der Waals surface area (Å²) in [6.07, 6.45) is 1.54. The maximum atomic E-state index is 5.62. The number of benzene rings is 1. The van der Waals surface area contributed by atoms with Crippen molar-refractivity contribution in [2.45, 2.75) is 0 Å². The van der Waals surface area contributed by atoms with Gasteiger partial charge in [0.15, 0.2) is 5.82 Å². The number of halogens is 1. The van der Waals surface area contributed by atoms with Gasteiger partial charge in [0.1, 0.15) is 6.26 Å².